The Bertz CT molecular complexity index is 519. The van der Waals surface area contributed by atoms with E-state index in [0.29, 0.717) is 6.54 Å². The van der Waals surface area contributed by atoms with Gasteiger partial charge in [0.05, 0.1) is 11.4 Å². The zero-order valence-corrected chi connectivity index (χ0v) is 11.0. The quantitative estimate of drug-likeness (QED) is 0.903. The molecule has 0 bridgehead atoms. The van der Waals surface area contributed by atoms with Crippen molar-refractivity contribution in [3.63, 3.8) is 0 Å². The van der Waals surface area contributed by atoms with Crippen molar-refractivity contribution in [2.24, 2.45) is 12.8 Å². The average Bonchev–Trinajstić information content (AvgIpc) is 2.55. The monoisotopic (exact) mass is 275 g/mol. The van der Waals surface area contributed by atoms with Crippen LogP contribution in [-0.4, -0.2) is 9.36 Å². The minimum Gasteiger partial charge on any atom is -0.325 e. The summed E-state index contributed by atoms with van der Waals surface area (Å²) in [5.41, 5.74) is 7.16. The van der Waals surface area contributed by atoms with Gasteiger partial charge in [0.2, 0.25) is 0 Å². The third-order valence-electron chi connectivity index (χ3n) is 2.42. The van der Waals surface area contributed by atoms with Crippen LogP contribution in [0.5, 0.6) is 0 Å². The second-order valence-electron chi connectivity index (χ2n) is 3.35. The Morgan fingerprint density at radius 3 is 2.24 bits per heavy atom. The van der Waals surface area contributed by atoms with Gasteiger partial charge in [0.1, 0.15) is 0 Å². The van der Waals surface area contributed by atoms with Crippen molar-refractivity contribution in [1.29, 1.82) is 0 Å². The zero-order chi connectivity index (χ0) is 10.8. The molecule has 1 heterocycles. The van der Waals surface area contributed by atoms with E-state index in [9.17, 15) is 4.79 Å². The highest BCUT2D eigenvalue weighted by Gasteiger charge is 2.07. The van der Waals surface area contributed by atoms with Crippen LogP contribution in [0.3, 0.4) is 0 Å². The van der Waals surface area contributed by atoms with Crippen molar-refractivity contribution >= 4 is 24.8 Å². The first-order valence-electron chi connectivity index (χ1n) is 4.77. The van der Waals surface area contributed by atoms with Crippen molar-refractivity contribution in [3.05, 3.63) is 52.4 Å². The van der Waals surface area contributed by atoms with E-state index in [-0.39, 0.29) is 30.4 Å². The van der Waals surface area contributed by atoms with Gasteiger partial charge in [0, 0.05) is 19.7 Å². The number of hydrogen-bond donors (Lipinski definition) is 1. The summed E-state index contributed by atoms with van der Waals surface area (Å²) in [6.07, 6.45) is 0. The SMILES string of the molecule is Cl.Cl.Cn1c(CN)cc(=O)n1-c1ccccc1. The second-order valence-corrected chi connectivity index (χ2v) is 3.35. The third kappa shape index (κ3) is 2.91. The lowest BCUT2D eigenvalue weighted by atomic mass is 10.3. The molecule has 0 unspecified atom stereocenters. The normalized spacial score (nSPS) is 9.29. The van der Waals surface area contributed by atoms with Crippen molar-refractivity contribution in [3.8, 4) is 5.69 Å². The molecule has 1 aromatic carbocycles. The van der Waals surface area contributed by atoms with Gasteiger partial charge in [-0.2, -0.15) is 0 Å². The van der Waals surface area contributed by atoms with Gasteiger partial charge in [-0.25, -0.2) is 4.68 Å². The van der Waals surface area contributed by atoms with Gasteiger partial charge in [-0.15, -0.1) is 24.8 Å². The van der Waals surface area contributed by atoms with Crippen LogP contribution in [0.15, 0.2) is 41.2 Å². The molecule has 6 heteroatoms. The minimum atomic E-state index is -0.0517. The van der Waals surface area contributed by atoms with Crippen LogP contribution < -0.4 is 11.3 Å². The first-order chi connectivity index (χ1) is 7.24. The maximum Gasteiger partial charge on any atom is 0.271 e. The summed E-state index contributed by atoms with van der Waals surface area (Å²) < 4.78 is 3.37. The molecule has 0 saturated carbocycles. The van der Waals surface area contributed by atoms with E-state index in [1.165, 1.54) is 0 Å². The number of halogens is 2. The second kappa shape index (κ2) is 6.49. The van der Waals surface area contributed by atoms with Crippen LogP contribution in [0.1, 0.15) is 5.69 Å². The van der Waals surface area contributed by atoms with E-state index >= 15 is 0 Å². The molecule has 0 saturated heterocycles. The number of para-hydroxylation sites is 1. The van der Waals surface area contributed by atoms with E-state index in [1.807, 2.05) is 37.4 Å². The molecule has 2 N–H and O–H groups in total. The summed E-state index contributed by atoms with van der Waals surface area (Å²) in [6.45, 7) is 0.367. The van der Waals surface area contributed by atoms with Crippen LogP contribution in [0.4, 0.5) is 0 Å². The number of hydrogen-bond acceptors (Lipinski definition) is 2. The average molecular weight is 276 g/mol. The summed E-state index contributed by atoms with van der Waals surface area (Å²) in [4.78, 5) is 11.7. The number of aromatic nitrogens is 2. The molecule has 0 aliphatic heterocycles. The molecule has 0 aliphatic rings. The Labute approximate surface area is 112 Å². The Kier molecular flexibility index (Phi) is 6.02. The smallest absolute Gasteiger partial charge is 0.271 e. The lowest BCUT2D eigenvalue weighted by Gasteiger charge is -2.08. The molecule has 0 radical (unpaired) electrons. The molecule has 0 amide bonds. The van der Waals surface area contributed by atoms with Crippen LogP contribution in [-0.2, 0) is 13.6 Å². The Balaban J connectivity index is 0.00000128. The van der Waals surface area contributed by atoms with Crippen molar-refractivity contribution in [2.45, 2.75) is 6.54 Å². The maximum atomic E-state index is 11.7. The zero-order valence-electron chi connectivity index (χ0n) is 9.37. The van der Waals surface area contributed by atoms with Gasteiger partial charge in [0.15, 0.2) is 0 Å². The molecular weight excluding hydrogens is 261 g/mol. The van der Waals surface area contributed by atoms with Crippen molar-refractivity contribution in [2.75, 3.05) is 0 Å². The lowest BCUT2D eigenvalue weighted by molar-refractivity contribution is 0.616. The molecule has 2 aromatic rings. The molecule has 0 atom stereocenters. The lowest BCUT2D eigenvalue weighted by Crippen LogP contribution is -2.19. The van der Waals surface area contributed by atoms with Gasteiger partial charge >= 0.3 is 0 Å². The number of benzene rings is 1. The van der Waals surface area contributed by atoms with Gasteiger partial charge < -0.3 is 5.73 Å². The fourth-order valence-electron chi connectivity index (χ4n) is 1.63. The van der Waals surface area contributed by atoms with Gasteiger partial charge in [-0.3, -0.25) is 9.48 Å². The molecule has 2 rings (SSSR count). The predicted octanol–water partition coefficient (Wildman–Crippen LogP) is 1.48. The summed E-state index contributed by atoms with van der Waals surface area (Å²) in [5.74, 6) is 0. The topological polar surface area (TPSA) is 52.9 Å². The largest absolute Gasteiger partial charge is 0.325 e. The van der Waals surface area contributed by atoms with E-state index in [2.05, 4.69) is 0 Å². The minimum absolute atomic E-state index is 0. The highest BCUT2D eigenvalue weighted by Crippen LogP contribution is 2.05. The Morgan fingerprint density at radius 2 is 1.76 bits per heavy atom. The summed E-state index contributed by atoms with van der Waals surface area (Å²) in [5, 5.41) is 0. The molecular formula is C11H15Cl2N3O. The number of nitrogens with zero attached hydrogens (tertiary/aromatic N) is 2. The third-order valence-corrected chi connectivity index (χ3v) is 2.42. The maximum absolute atomic E-state index is 11.7. The highest BCUT2D eigenvalue weighted by molar-refractivity contribution is 5.85. The van der Waals surface area contributed by atoms with Crippen molar-refractivity contribution in [1.82, 2.24) is 9.36 Å². The fraction of sp³-hybridized carbons (Fsp3) is 0.182. The Hall–Kier alpha value is -1.23. The highest BCUT2D eigenvalue weighted by atomic mass is 35.5. The Morgan fingerprint density at radius 1 is 1.18 bits per heavy atom. The molecule has 1 aromatic heterocycles. The summed E-state index contributed by atoms with van der Waals surface area (Å²) >= 11 is 0. The predicted molar refractivity (Wildman–Crippen MR) is 73.4 cm³/mol. The summed E-state index contributed by atoms with van der Waals surface area (Å²) in [7, 11) is 1.83. The van der Waals surface area contributed by atoms with E-state index in [4.69, 9.17) is 5.73 Å². The van der Waals surface area contributed by atoms with E-state index in [0.717, 1.165) is 11.4 Å². The van der Waals surface area contributed by atoms with Gasteiger partial charge in [-0.1, -0.05) is 18.2 Å². The van der Waals surface area contributed by atoms with Crippen LogP contribution in [0.25, 0.3) is 5.69 Å². The number of nitrogens with two attached hydrogens (primary N) is 1. The molecule has 17 heavy (non-hydrogen) atoms. The standard InChI is InChI=1S/C11H13N3O.2ClH/c1-13-10(8-12)7-11(15)14(13)9-5-3-2-4-6-9;;/h2-7H,8,12H2,1H3;2*1H. The van der Waals surface area contributed by atoms with Crippen LogP contribution >= 0.6 is 24.8 Å². The molecule has 0 aliphatic carbocycles. The molecule has 0 fully saturated rings. The van der Waals surface area contributed by atoms with Crippen molar-refractivity contribution < 1.29 is 0 Å². The van der Waals surface area contributed by atoms with Crippen LogP contribution in [0, 0.1) is 0 Å². The van der Waals surface area contributed by atoms with Crippen LogP contribution in [0.2, 0.25) is 0 Å². The first kappa shape index (κ1) is 15.8. The first-order valence-corrected chi connectivity index (χ1v) is 4.77. The molecule has 94 valence electrons. The number of rotatable bonds is 2. The van der Waals surface area contributed by atoms with Gasteiger partial charge in [0.25, 0.3) is 5.56 Å². The van der Waals surface area contributed by atoms with E-state index in [1.54, 1.807) is 15.4 Å². The molecule has 0 spiro atoms. The van der Waals surface area contributed by atoms with Gasteiger partial charge in [-0.05, 0) is 12.1 Å². The summed E-state index contributed by atoms with van der Waals surface area (Å²) in [6, 6.07) is 11.1. The molecule has 4 nitrogen and oxygen atoms in total. The fourth-order valence-corrected chi connectivity index (χ4v) is 1.63. The van der Waals surface area contributed by atoms with E-state index < -0.39 is 0 Å².